The van der Waals surface area contributed by atoms with E-state index >= 15 is 0 Å². The normalized spacial score (nSPS) is 19.7. The predicted molar refractivity (Wildman–Crippen MR) is 111 cm³/mol. The highest BCUT2D eigenvalue weighted by Crippen LogP contribution is 2.36. The molecule has 0 aliphatic carbocycles. The summed E-state index contributed by atoms with van der Waals surface area (Å²) < 4.78 is 28.9. The van der Waals surface area contributed by atoms with Gasteiger partial charge in [-0.2, -0.15) is 0 Å². The Balaban J connectivity index is 1.56. The molecule has 2 aliphatic rings. The molecule has 156 valence electrons. The number of hydrogen-bond donors (Lipinski definition) is 0. The van der Waals surface area contributed by atoms with Gasteiger partial charge in [0.05, 0.1) is 38.6 Å². The zero-order valence-corrected chi connectivity index (χ0v) is 17.3. The molecule has 2 unspecified atom stereocenters. The van der Waals surface area contributed by atoms with Crippen molar-refractivity contribution in [2.75, 3.05) is 26.4 Å². The Bertz CT molecular complexity index is 743. The van der Waals surface area contributed by atoms with E-state index in [4.69, 9.17) is 23.7 Å². The van der Waals surface area contributed by atoms with Crippen LogP contribution in [0.15, 0.2) is 36.4 Å². The van der Waals surface area contributed by atoms with Gasteiger partial charge in [-0.25, -0.2) is 0 Å². The zero-order chi connectivity index (χ0) is 20.1. The molecule has 0 amide bonds. The van der Waals surface area contributed by atoms with Gasteiger partial charge in [-0.1, -0.05) is 13.8 Å². The van der Waals surface area contributed by atoms with Gasteiger partial charge in [0.2, 0.25) is 0 Å². The lowest BCUT2D eigenvalue weighted by molar-refractivity contribution is 0.315. The fourth-order valence-electron chi connectivity index (χ4n) is 3.23. The van der Waals surface area contributed by atoms with E-state index in [0.717, 1.165) is 73.0 Å². The van der Waals surface area contributed by atoms with Crippen molar-refractivity contribution in [2.45, 2.75) is 51.7 Å². The monoisotopic (exact) mass is 398 g/mol. The Kier molecular flexibility index (Phi) is 6.57. The van der Waals surface area contributed by atoms with Crippen LogP contribution in [0.2, 0.25) is 0 Å². The van der Waals surface area contributed by atoms with Gasteiger partial charge in [0.25, 0.3) is 0 Å². The van der Waals surface area contributed by atoms with Crippen LogP contribution in [0.25, 0.3) is 0 Å². The minimum Gasteiger partial charge on any atom is -0.494 e. The van der Waals surface area contributed by atoms with E-state index in [1.54, 1.807) is 0 Å². The maximum atomic E-state index is 6.39. The summed E-state index contributed by atoms with van der Waals surface area (Å²) in [6, 6.07) is 12.1. The number of ether oxygens (including phenoxy) is 5. The van der Waals surface area contributed by atoms with E-state index in [1.165, 1.54) is 0 Å². The maximum Gasteiger partial charge on any atom is 0.131 e. The van der Waals surface area contributed by atoms with Gasteiger partial charge in [0.1, 0.15) is 23.0 Å². The number of hydrogen-bond acceptors (Lipinski definition) is 5. The molecule has 4 rings (SSSR count). The highest BCUT2D eigenvalue weighted by atomic mass is 16.6. The molecule has 2 aromatic rings. The second-order valence-electron chi connectivity index (χ2n) is 7.66. The molecule has 2 aromatic carbocycles. The van der Waals surface area contributed by atoms with Gasteiger partial charge < -0.3 is 23.7 Å². The van der Waals surface area contributed by atoms with Crippen molar-refractivity contribution >= 4 is 0 Å². The summed E-state index contributed by atoms with van der Waals surface area (Å²) in [5, 5.41) is 0. The quantitative estimate of drug-likeness (QED) is 0.474. The van der Waals surface area contributed by atoms with Gasteiger partial charge in [0, 0.05) is 24.0 Å². The molecule has 2 saturated heterocycles. The molecule has 2 atom stereocenters. The van der Waals surface area contributed by atoms with Crippen LogP contribution in [0.4, 0.5) is 0 Å². The molecule has 2 fully saturated rings. The number of benzene rings is 2. The molecule has 0 spiro atoms. The van der Waals surface area contributed by atoms with Crippen LogP contribution >= 0.6 is 0 Å². The van der Waals surface area contributed by atoms with Crippen molar-refractivity contribution in [3.63, 3.8) is 0 Å². The third-order valence-electron chi connectivity index (χ3n) is 4.93. The Morgan fingerprint density at radius 3 is 1.59 bits per heavy atom. The van der Waals surface area contributed by atoms with Crippen molar-refractivity contribution in [3.05, 3.63) is 47.5 Å². The summed E-state index contributed by atoms with van der Waals surface area (Å²) in [4.78, 5) is 0. The lowest BCUT2D eigenvalue weighted by atomic mass is 10.1. The standard InChI is InChI=1S/C24H30O5/c1-3-9-25-19-5-7-23(17(11-19)13-21-15-27-21)29-24-8-6-20(26-10-4-2)12-18(24)14-22-16-28-22/h5-8,11-12,21-22H,3-4,9-10,13-16H2,1-2H3. The second-order valence-corrected chi connectivity index (χ2v) is 7.66. The van der Waals surface area contributed by atoms with E-state index in [-0.39, 0.29) is 12.2 Å². The van der Waals surface area contributed by atoms with Crippen LogP contribution in [0.3, 0.4) is 0 Å². The van der Waals surface area contributed by atoms with Gasteiger partial charge in [-0.15, -0.1) is 0 Å². The molecule has 0 radical (unpaired) electrons. The summed E-state index contributed by atoms with van der Waals surface area (Å²) in [6.07, 6.45) is 4.19. The lowest BCUT2D eigenvalue weighted by Crippen LogP contribution is -2.03. The van der Waals surface area contributed by atoms with Crippen molar-refractivity contribution in [2.24, 2.45) is 0 Å². The summed E-state index contributed by atoms with van der Waals surface area (Å²) >= 11 is 0. The summed E-state index contributed by atoms with van der Waals surface area (Å²) in [7, 11) is 0. The molecule has 29 heavy (non-hydrogen) atoms. The Morgan fingerprint density at radius 2 is 1.21 bits per heavy atom. The highest BCUT2D eigenvalue weighted by Gasteiger charge is 2.27. The Morgan fingerprint density at radius 1 is 0.759 bits per heavy atom. The lowest BCUT2D eigenvalue weighted by Gasteiger charge is -2.16. The Labute approximate surface area is 172 Å². The predicted octanol–water partition coefficient (Wildman–Crippen LogP) is 4.94. The maximum absolute atomic E-state index is 6.39. The van der Waals surface area contributed by atoms with Crippen molar-refractivity contribution in [1.29, 1.82) is 0 Å². The summed E-state index contributed by atoms with van der Waals surface area (Å²) in [5.74, 6) is 3.46. The van der Waals surface area contributed by atoms with Crippen LogP contribution in [0.1, 0.15) is 37.8 Å². The fourth-order valence-corrected chi connectivity index (χ4v) is 3.23. The molecule has 0 saturated carbocycles. The van der Waals surface area contributed by atoms with Crippen LogP contribution in [0, 0.1) is 0 Å². The summed E-state index contributed by atoms with van der Waals surface area (Å²) in [6.45, 7) is 7.26. The minimum absolute atomic E-state index is 0.280. The van der Waals surface area contributed by atoms with E-state index < -0.39 is 0 Å². The van der Waals surface area contributed by atoms with Crippen LogP contribution in [-0.4, -0.2) is 38.6 Å². The first-order valence-electron chi connectivity index (χ1n) is 10.7. The fraction of sp³-hybridized carbons (Fsp3) is 0.500. The minimum atomic E-state index is 0.280. The first-order valence-corrected chi connectivity index (χ1v) is 10.7. The zero-order valence-electron chi connectivity index (χ0n) is 17.3. The van der Waals surface area contributed by atoms with Crippen molar-refractivity contribution < 1.29 is 23.7 Å². The van der Waals surface area contributed by atoms with E-state index in [1.807, 2.05) is 24.3 Å². The van der Waals surface area contributed by atoms with Crippen LogP contribution < -0.4 is 14.2 Å². The molecule has 2 heterocycles. The number of epoxide rings is 2. The first kappa shape index (κ1) is 20.0. The van der Waals surface area contributed by atoms with Crippen molar-refractivity contribution in [1.82, 2.24) is 0 Å². The van der Waals surface area contributed by atoms with E-state index in [0.29, 0.717) is 13.2 Å². The molecular formula is C24H30O5. The smallest absolute Gasteiger partial charge is 0.131 e. The van der Waals surface area contributed by atoms with Gasteiger partial charge in [-0.3, -0.25) is 0 Å². The van der Waals surface area contributed by atoms with E-state index in [2.05, 4.69) is 26.0 Å². The third kappa shape index (κ3) is 5.87. The van der Waals surface area contributed by atoms with Crippen LogP contribution in [-0.2, 0) is 22.3 Å². The van der Waals surface area contributed by atoms with Gasteiger partial charge in [0.15, 0.2) is 0 Å². The third-order valence-corrected chi connectivity index (χ3v) is 4.93. The number of rotatable bonds is 12. The van der Waals surface area contributed by atoms with Gasteiger partial charge >= 0.3 is 0 Å². The van der Waals surface area contributed by atoms with Crippen molar-refractivity contribution in [3.8, 4) is 23.0 Å². The molecule has 5 heteroatoms. The topological polar surface area (TPSA) is 52.8 Å². The summed E-state index contributed by atoms with van der Waals surface area (Å²) in [5.41, 5.74) is 2.22. The second kappa shape index (κ2) is 9.51. The Hall–Kier alpha value is -2.24. The molecule has 0 aromatic heterocycles. The molecule has 0 N–H and O–H groups in total. The average molecular weight is 398 g/mol. The largest absolute Gasteiger partial charge is 0.494 e. The molecule has 0 bridgehead atoms. The molecule has 2 aliphatic heterocycles. The SMILES string of the molecule is CCCOc1ccc(Oc2ccc(OCCC)cc2CC2CO2)c(CC2CO2)c1. The van der Waals surface area contributed by atoms with Crippen LogP contribution in [0.5, 0.6) is 23.0 Å². The highest BCUT2D eigenvalue weighted by molar-refractivity contribution is 5.47. The van der Waals surface area contributed by atoms with Gasteiger partial charge in [-0.05, 0) is 49.2 Å². The average Bonchev–Trinajstić information content (AvgIpc) is 3.65. The first-order chi connectivity index (χ1) is 14.2. The van der Waals surface area contributed by atoms with E-state index in [9.17, 15) is 0 Å². The molecule has 5 nitrogen and oxygen atoms in total. The molecular weight excluding hydrogens is 368 g/mol.